The number of hydrogen-bond acceptors (Lipinski definition) is 3. The van der Waals surface area contributed by atoms with Crippen LogP contribution in [0, 0.1) is 0 Å². The van der Waals surface area contributed by atoms with E-state index in [0.29, 0.717) is 24.0 Å². The Balaban J connectivity index is 1.58. The van der Waals surface area contributed by atoms with Gasteiger partial charge in [-0.05, 0) is 37.3 Å². The second-order valence-electron chi connectivity index (χ2n) is 7.54. The summed E-state index contributed by atoms with van der Waals surface area (Å²) in [5.74, 6) is -0.575. The topological polar surface area (TPSA) is 66.5 Å². The van der Waals surface area contributed by atoms with Gasteiger partial charge in [-0.15, -0.1) is 0 Å². The molecule has 1 aliphatic heterocycles. The van der Waals surface area contributed by atoms with E-state index in [0.717, 1.165) is 30.0 Å². The number of unbranched alkanes of at least 4 members (excludes halogenated alkanes) is 2. The fourth-order valence-corrected chi connectivity index (χ4v) is 3.80. The van der Waals surface area contributed by atoms with Crippen molar-refractivity contribution in [3.05, 3.63) is 47.5 Å². The number of amides is 3. The molecular formula is C23H28N2O3. The van der Waals surface area contributed by atoms with Crippen LogP contribution in [0.1, 0.15) is 73.1 Å². The first-order valence-electron chi connectivity index (χ1n) is 10.2. The number of nitrogens with zero attached hydrogens (tertiary/aromatic N) is 1. The second-order valence-corrected chi connectivity index (χ2v) is 7.54. The molecule has 1 N–H and O–H groups in total. The summed E-state index contributed by atoms with van der Waals surface area (Å²) < 4.78 is 0. The quantitative estimate of drug-likeness (QED) is 0.521. The molecule has 28 heavy (non-hydrogen) atoms. The predicted octanol–water partition coefficient (Wildman–Crippen LogP) is 4.30. The minimum absolute atomic E-state index is 0.0246. The first kappa shape index (κ1) is 20.1. The molecule has 0 fully saturated rings. The van der Waals surface area contributed by atoms with Crippen LogP contribution in [0.2, 0.25) is 0 Å². The number of imide groups is 1. The van der Waals surface area contributed by atoms with E-state index in [9.17, 15) is 14.4 Å². The van der Waals surface area contributed by atoms with Crippen molar-refractivity contribution in [2.75, 3.05) is 6.54 Å². The molecule has 0 aromatic heterocycles. The SMILES string of the molecule is CCCCC[C@@H](C)NC(=O)CCCN1C(=O)c2cccc3cccc(c23)C1=O. The summed E-state index contributed by atoms with van der Waals surface area (Å²) in [6.45, 7) is 4.42. The Morgan fingerprint density at radius 1 is 1.00 bits per heavy atom. The largest absolute Gasteiger partial charge is 0.354 e. The Kier molecular flexibility index (Phi) is 6.45. The van der Waals surface area contributed by atoms with Crippen LogP contribution in [0.4, 0.5) is 0 Å². The molecule has 148 valence electrons. The summed E-state index contributed by atoms with van der Waals surface area (Å²) in [5, 5.41) is 4.63. The molecule has 0 saturated heterocycles. The molecule has 5 nitrogen and oxygen atoms in total. The molecule has 2 aromatic rings. The summed E-state index contributed by atoms with van der Waals surface area (Å²) >= 11 is 0. The number of benzene rings is 2. The fourth-order valence-electron chi connectivity index (χ4n) is 3.80. The van der Waals surface area contributed by atoms with Crippen molar-refractivity contribution in [1.82, 2.24) is 10.2 Å². The number of rotatable bonds is 9. The van der Waals surface area contributed by atoms with Crippen LogP contribution in [0.3, 0.4) is 0 Å². The van der Waals surface area contributed by atoms with Gasteiger partial charge in [0.05, 0.1) is 0 Å². The summed E-state index contributed by atoms with van der Waals surface area (Å²) in [6, 6.07) is 11.2. The van der Waals surface area contributed by atoms with E-state index in [4.69, 9.17) is 0 Å². The van der Waals surface area contributed by atoms with E-state index in [1.165, 1.54) is 11.3 Å². The van der Waals surface area contributed by atoms with Gasteiger partial charge in [-0.1, -0.05) is 50.5 Å². The average Bonchev–Trinajstić information content (AvgIpc) is 2.68. The third-order valence-corrected chi connectivity index (χ3v) is 5.29. The van der Waals surface area contributed by atoms with Crippen molar-refractivity contribution in [1.29, 1.82) is 0 Å². The van der Waals surface area contributed by atoms with Crippen LogP contribution in [0.25, 0.3) is 10.8 Å². The van der Waals surface area contributed by atoms with Crippen molar-refractivity contribution in [3.63, 3.8) is 0 Å². The number of hydrogen-bond donors (Lipinski definition) is 1. The molecule has 1 heterocycles. The van der Waals surface area contributed by atoms with Gasteiger partial charge < -0.3 is 5.32 Å². The number of nitrogens with one attached hydrogen (secondary N) is 1. The Labute approximate surface area is 166 Å². The molecule has 0 saturated carbocycles. The highest BCUT2D eigenvalue weighted by atomic mass is 16.2. The molecule has 5 heteroatoms. The molecule has 0 unspecified atom stereocenters. The van der Waals surface area contributed by atoms with Crippen LogP contribution < -0.4 is 5.32 Å². The standard InChI is InChI=1S/C23H28N2O3/c1-3-4-5-9-16(2)24-20(26)14-8-15-25-22(27)18-12-6-10-17-11-7-13-19(21(17)18)23(25)28/h6-7,10-13,16H,3-5,8-9,14-15H2,1-2H3,(H,24,26)/t16-/m1/s1. The Bertz CT molecular complexity index is 840. The van der Waals surface area contributed by atoms with Crippen LogP contribution in [0.5, 0.6) is 0 Å². The Hall–Kier alpha value is -2.69. The van der Waals surface area contributed by atoms with Crippen LogP contribution in [-0.4, -0.2) is 35.2 Å². The molecule has 0 radical (unpaired) electrons. The van der Waals surface area contributed by atoms with Crippen molar-refractivity contribution < 1.29 is 14.4 Å². The molecule has 3 rings (SSSR count). The first-order valence-corrected chi connectivity index (χ1v) is 10.2. The summed E-state index contributed by atoms with van der Waals surface area (Å²) in [4.78, 5) is 39.1. The van der Waals surface area contributed by atoms with Crippen molar-refractivity contribution in [3.8, 4) is 0 Å². The van der Waals surface area contributed by atoms with Crippen molar-refractivity contribution >= 4 is 28.5 Å². The van der Waals surface area contributed by atoms with Gasteiger partial charge in [0, 0.05) is 35.5 Å². The van der Waals surface area contributed by atoms with Crippen molar-refractivity contribution in [2.24, 2.45) is 0 Å². The molecule has 3 amide bonds. The summed E-state index contributed by atoms with van der Waals surface area (Å²) in [7, 11) is 0. The zero-order chi connectivity index (χ0) is 20.1. The van der Waals surface area contributed by atoms with E-state index < -0.39 is 0 Å². The summed E-state index contributed by atoms with van der Waals surface area (Å²) in [5.41, 5.74) is 1.11. The maximum atomic E-state index is 12.8. The van der Waals surface area contributed by atoms with Gasteiger partial charge in [0.15, 0.2) is 0 Å². The van der Waals surface area contributed by atoms with E-state index in [1.54, 1.807) is 12.1 Å². The minimum Gasteiger partial charge on any atom is -0.354 e. The maximum Gasteiger partial charge on any atom is 0.261 e. The minimum atomic E-state index is -0.275. The second kappa shape index (κ2) is 9.00. The fraction of sp³-hybridized carbons (Fsp3) is 0.435. The lowest BCUT2D eigenvalue weighted by Gasteiger charge is -2.27. The Morgan fingerprint density at radius 2 is 1.64 bits per heavy atom. The first-order chi connectivity index (χ1) is 13.5. The molecule has 2 aromatic carbocycles. The third-order valence-electron chi connectivity index (χ3n) is 5.29. The molecule has 0 bridgehead atoms. The lowest BCUT2D eigenvalue weighted by molar-refractivity contribution is -0.121. The van der Waals surface area contributed by atoms with E-state index >= 15 is 0 Å². The highest BCUT2D eigenvalue weighted by molar-refractivity contribution is 6.25. The van der Waals surface area contributed by atoms with Gasteiger partial charge in [0.25, 0.3) is 11.8 Å². The maximum absolute atomic E-state index is 12.8. The lowest BCUT2D eigenvalue weighted by Crippen LogP contribution is -2.41. The monoisotopic (exact) mass is 380 g/mol. The van der Waals surface area contributed by atoms with Crippen LogP contribution in [-0.2, 0) is 4.79 Å². The van der Waals surface area contributed by atoms with E-state index in [2.05, 4.69) is 12.2 Å². The van der Waals surface area contributed by atoms with Gasteiger partial charge in [0.1, 0.15) is 0 Å². The smallest absolute Gasteiger partial charge is 0.261 e. The highest BCUT2D eigenvalue weighted by Gasteiger charge is 2.32. The molecule has 1 aliphatic rings. The lowest BCUT2D eigenvalue weighted by atomic mass is 9.94. The van der Waals surface area contributed by atoms with Crippen LogP contribution in [0.15, 0.2) is 36.4 Å². The van der Waals surface area contributed by atoms with Gasteiger partial charge in [-0.3, -0.25) is 19.3 Å². The molecule has 0 aliphatic carbocycles. The van der Waals surface area contributed by atoms with Gasteiger partial charge >= 0.3 is 0 Å². The van der Waals surface area contributed by atoms with Crippen molar-refractivity contribution in [2.45, 2.75) is 58.4 Å². The normalized spacial score (nSPS) is 14.4. The number of carbonyl (C=O) groups is 3. The molecule has 0 spiro atoms. The van der Waals surface area contributed by atoms with Crippen LogP contribution >= 0.6 is 0 Å². The van der Waals surface area contributed by atoms with E-state index in [-0.39, 0.29) is 30.3 Å². The molecule has 1 atom stereocenters. The highest BCUT2D eigenvalue weighted by Crippen LogP contribution is 2.30. The van der Waals surface area contributed by atoms with Gasteiger partial charge in [-0.2, -0.15) is 0 Å². The van der Waals surface area contributed by atoms with Gasteiger partial charge in [-0.25, -0.2) is 0 Å². The molecular weight excluding hydrogens is 352 g/mol. The summed E-state index contributed by atoms with van der Waals surface area (Å²) in [6.07, 6.45) is 5.19. The zero-order valence-electron chi connectivity index (χ0n) is 16.7. The van der Waals surface area contributed by atoms with E-state index in [1.807, 2.05) is 31.2 Å². The number of carbonyl (C=O) groups excluding carboxylic acids is 3. The third kappa shape index (κ3) is 4.24. The average molecular weight is 380 g/mol. The predicted molar refractivity (Wildman–Crippen MR) is 110 cm³/mol. The van der Waals surface area contributed by atoms with Gasteiger partial charge in [0.2, 0.25) is 5.91 Å². The zero-order valence-corrected chi connectivity index (χ0v) is 16.7. The Morgan fingerprint density at radius 3 is 2.25 bits per heavy atom.